The minimum Gasteiger partial charge on any atom is -0.387 e. The van der Waals surface area contributed by atoms with Gasteiger partial charge in [0.15, 0.2) is 6.29 Å². The molecular weight excluding hydrogens is 218 g/mol. The third-order valence-corrected chi connectivity index (χ3v) is 2.69. The molecule has 2 N–H and O–H groups in total. The minimum atomic E-state index is -0.520. The summed E-state index contributed by atoms with van der Waals surface area (Å²) in [5.74, 6) is 0. The van der Waals surface area contributed by atoms with Gasteiger partial charge in [0.25, 0.3) is 0 Å². The van der Waals surface area contributed by atoms with Gasteiger partial charge in [-0.1, -0.05) is 30.3 Å². The smallest absolute Gasteiger partial charge is 0.171 e. The van der Waals surface area contributed by atoms with Gasteiger partial charge in [-0.25, -0.2) is 0 Å². The Bertz CT molecular complexity index is 301. The second-order valence-electron chi connectivity index (χ2n) is 3.96. The van der Waals surface area contributed by atoms with Crippen molar-refractivity contribution in [3.63, 3.8) is 0 Å². The van der Waals surface area contributed by atoms with E-state index in [4.69, 9.17) is 9.47 Å². The number of nitrogens with one attached hydrogen (secondary N) is 1. The average molecular weight is 239 g/mol. The number of benzene rings is 1. The van der Waals surface area contributed by atoms with Crippen LogP contribution in [-0.2, 0) is 9.47 Å². The molecule has 0 spiro atoms. The second kappa shape index (κ2) is 7.40. The Morgan fingerprint density at radius 3 is 2.29 bits per heavy atom. The van der Waals surface area contributed by atoms with Crippen molar-refractivity contribution in [1.29, 1.82) is 0 Å². The van der Waals surface area contributed by atoms with Crippen molar-refractivity contribution in [2.75, 3.05) is 20.8 Å². The fourth-order valence-corrected chi connectivity index (χ4v) is 1.69. The topological polar surface area (TPSA) is 50.7 Å². The zero-order chi connectivity index (χ0) is 12.7. The van der Waals surface area contributed by atoms with E-state index in [1.54, 1.807) is 14.2 Å². The Balaban J connectivity index is 2.40. The number of hydrogen-bond acceptors (Lipinski definition) is 4. The first-order valence-corrected chi connectivity index (χ1v) is 5.71. The van der Waals surface area contributed by atoms with Crippen molar-refractivity contribution in [3.05, 3.63) is 35.9 Å². The van der Waals surface area contributed by atoms with E-state index in [-0.39, 0.29) is 12.3 Å². The Morgan fingerprint density at radius 1 is 1.18 bits per heavy atom. The molecule has 0 amide bonds. The molecule has 4 nitrogen and oxygen atoms in total. The van der Waals surface area contributed by atoms with E-state index in [0.717, 1.165) is 5.56 Å². The minimum absolute atomic E-state index is 0.0170. The van der Waals surface area contributed by atoms with Crippen LogP contribution in [0, 0.1) is 0 Å². The third-order valence-electron chi connectivity index (χ3n) is 2.69. The van der Waals surface area contributed by atoms with Gasteiger partial charge >= 0.3 is 0 Å². The first-order chi connectivity index (χ1) is 8.19. The fourth-order valence-electron chi connectivity index (χ4n) is 1.69. The normalized spacial score (nSPS) is 14.9. The highest BCUT2D eigenvalue weighted by atomic mass is 16.7. The summed E-state index contributed by atoms with van der Waals surface area (Å²) in [6, 6.07) is 9.58. The van der Waals surface area contributed by atoms with E-state index >= 15 is 0 Å². The summed E-state index contributed by atoms with van der Waals surface area (Å²) in [7, 11) is 3.19. The van der Waals surface area contributed by atoms with Gasteiger partial charge in [-0.2, -0.15) is 0 Å². The van der Waals surface area contributed by atoms with Gasteiger partial charge in [0.1, 0.15) is 0 Å². The van der Waals surface area contributed by atoms with Crippen LogP contribution in [0.2, 0.25) is 0 Å². The van der Waals surface area contributed by atoms with Crippen LogP contribution in [0.15, 0.2) is 30.3 Å². The van der Waals surface area contributed by atoms with E-state index in [9.17, 15) is 5.11 Å². The second-order valence-corrected chi connectivity index (χ2v) is 3.96. The molecule has 1 rings (SSSR count). The predicted molar refractivity (Wildman–Crippen MR) is 66.7 cm³/mol. The van der Waals surface area contributed by atoms with E-state index in [1.807, 2.05) is 37.3 Å². The lowest BCUT2D eigenvalue weighted by Crippen LogP contribution is -2.41. The molecule has 0 radical (unpaired) electrons. The lowest BCUT2D eigenvalue weighted by molar-refractivity contribution is -0.120. The average Bonchev–Trinajstić information content (AvgIpc) is 2.38. The molecule has 0 aliphatic carbocycles. The molecule has 1 aromatic rings. The zero-order valence-electron chi connectivity index (χ0n) is 10.6. The molecular formula is C13H21NO3. The maximum Gasteiger partial charge on any atom is 0.171 e. The molecule has 0 saturated heterocycles. The lowest BCUT2D eigenvalue weighted by Gasteiger charge is -2.23. The Hall–Kier alpha value is -0.940. The largest absolute Gasteiger partial charge is 0.387 e. The highest BCUT2D eigenvalue weighted by molar-refractivity contribution is 5.17. The summed E-state index contributed by atoms with van der Waals surface area (Å²) in [4.78, 5) is 0. The molecule has 2 unspecified atom stereocenters. The van der Waals surface area contributed by atoms with E-state index in [0.29, 0.717) is 6.54 Å². The molecule has 0 bridgehead atoms. The number of aliphatic hydroxyl groups excluding tert-OH is 1. The van der Waals surface area contributed by atoms with Crippen LogP contribution in [0.3, 0.4) is 0 Å². The summed E-state index contributed by atoms with van der Waals surface area (Å²) in [5, 5.41) is 13.1. The Labute approximate surface area is 103 Å². The van der Waals surface area contributed by atoms with Crippen LogP contribution >= 0.6 is 0 Å². The summed E-state index contributed by atoms with van der Waals surface area (Å²) in [5.41, 5.74) is 0.901. The molecule has 0 aliphatic heterocycles. The van der Waals surface area contributed by atoms with Gasteiger partial charge in [0, 0.05) is 20.8 Å². The number of methoxy groups -OCH3 is 2. The van der Waals surface area contributed by atoms with Crippen LogP contribution < -0.4 is 5.32 Å². The zero-order valence-corrected chi connectivity index (χ0v) is 10.6. The molecule has 17 heavy (non-hydrogen) atoms. The van der Waals surface area contributed by atoms with Crippen molar-refractivity contribution >= 4 is 0 Å². The summed E-state index contributed by atoms with van der Waals surface area (Å²) in [6.07, 6.45) is -0.828. The molecule has 4 heteroatoms. The first-order valence-electron chi connectivity index (χ1n) is 5.71. The number of hydrogen-bond donors (Lipinski definition) is 2. The summed E-state index contributed by atoms with van der Waals surface area (Å²) in [6.45, 7) is 2.42. The first kappa shape index (κ1) is 14.1. The maximum atomic E-state index is 9.95. The van der Waals surface area contributed by atoms with Crippen molar-refractivity contribution < 1.29 is 14.6 Å². The van der Waals surface area contributed by atoms with Crippen molar-refractivity contribution in [1.82, 2.24) is 5.32 Å². The molecule has 0 aromatic heterocycles. The Morgan fingerprint density at radius 2 is 1.76 bits per heavy atom. The van der Waals surface area contributed by atoms with Crippen molar-refractivity contribution in [2.24, 2.45) is 0 Å². The molecule has 96 valence electrons. The maximum absolute atomic E-state index is 9.95. The molecule has 0 aliphatic rings. The van der Waals surface area contributed by atoms with Crippen LogP contribution in [0.4, 0.5) is 0 Å². The molecule has 0 fully saturated rings. The number of ether oxygens (including phenoxy) is 2. The van der Waals surface area contributed by atoms with Crippen LogP contribution in [0.5, 0.6) is 0 Å². The Kier molecular flexibility index (Phi) is 6.15. The molecule has 0 saturated carbocycles. The van der Waals surface area contributed by atoms with Crippen LogP contribution in [-0.4, -0.2) is 38.2 Å². The van der Waals surface area contributed by atoms with Gasteiger partial charge in [0.05, 0.1) is 12.1 Å². The fraction of sp³-hybridized carbons (Fsp3) is 0.538. The van der Waals surface area contributed by atoms with E-state index < -0.39 is 6.10 Å². The highest BCUT2D eigenvalue weighted by Crippen LogP contribution is 2.11. The third kappa shape index (κ3) is 4.44. The van der Waals surface area contributed by atoms with Crippen LogP contribution in [0.25, 0.3) is 0 Å². The summed E-state index contributed by atoms with van der Waals surface area (Å²) < 4.78 is 10.3. The standard InChI is InChI=1S/C13H21NO3/c1-10(13(16-2)17-3)14-9-12(15)11-7-5-4-6-8-11/h4-8,10,12-15H,9H2,1-3H3. The van der Waals surface area contributed by atoms with E-state index in [1.165, 1.54) is 0 Å². The van der Waals surface area contributed by atoms with Gasteiger partial charge < -0.3 is 19.9 Å². The van der Waals surface area contributed by atoms with Crippen molar-refractivity contribution in [3.8, 4) is 0 Å². The number of rotatable bonds is 7. The van der Waals surface area contributed by atoms with Gasteiger partial charge in [-0.15, -0.1) is 0 Å². The van der Waals surface area contributed by atoms with E-state index in [2.05, 4.69) is 5.32 Å². The quantitative estimate of drug-likeness (QED) is 0.705. The highest BCUT2D eigenvalue weighted by Gasteiger charge is 2.16. The molecule has 2 atom stereocenters. The number of aliphatic hydroxyl groups is 1. The van der Waals surface area contributed by atoms with Gasteiger partial charge in [-0.05, 0) is 12.5 Å². The van der Waals surface area contributed by atoms with Crippen molar-refractivity contribution in [2.45, 2.75) is 25.4 Å². The SMILES string of the molecule is COC(OC)C(C)NCC(O)c1ccccc1. The summed E-state index contributed by atoms with van der Waals surface area (Å²) >= 11 is 0. The lowest BCUT2D eigenvalue weighted by atomic mass is 10.1. The molecule has 0 heterocycles. The monoisotopic (exact) mass is 239 g/mol. The molecule has 1 aromatic carbocycles. The van der Waals surface area contributed by atoms with Gasteiger partial charge in [-0.3, -0.25) is 0 Å². The predicted octanol–water partition coefficient (Wildman–Crippen LogP) is 1.32. The van der Waals surface area contributed by atoms with Crippen LogP contribution in [0.1, 0.15) is 18.6 Å². The van der Waals surface area contributed by atoms with Gasteiger partial charge in [0.2, 0.25) is 0 Å².